The molecule has 13 aromatic rings. The third kappa shape index (κ3) is 11.0. The van der Waals surface area contributed by atoms with E-state index in [1.165, 1.54) is 33.4 Å². The van der Waals surface area contributed by atoms with Gasteiger partial charge in [0.15, 0.2) is 0 Å². The van der Waals surface area contributed by atoms with Gasteiger partial charge in [0.1, 0.15) is 0 Å². The van der Waals surface area contributed by atoms with Crippen LogP contribution in [0.1, 0.15) is 33.4 Å². The van der Waals surface area contributed by atoms with E-state index in [-0.39, 0.29) is 20.1 Å². The van der Waals surface area contributed by atoms with Crippen LogP contribution in [0.3, 0.4) is 0 Å². The molecule has 85 heavy (non-hydrogen) atoms. The Morgan fingerprint density at radius 3 is 1.22 bits per heavy atom. The van der Waals surface area contributed by atoms with Crippen molar-refractivity contribution in [1.29, 1.82) is 0 Å². The molecule has 23 heterocycles. The molecule has 3 nitrogen and oxygen atoms in total. The monoisotopic (exact) mass is 1260 g/mol. The molecule has 0 unspecified atom stereocenters. The zero-order valence-electron chi connectivity index (χ0n) is 46.6. The standard InChI is InChI=1S/C81H54N3.Ir/c1-2-10-60(11-3-1)61-36-38-62(39-37-61)77-50-81-65-34-28-56(29-35-65)20-23-59-47-69-49-70(48-59)74-15-7-5-13-72(74)67-41-43-80(83-52-67)64-32-26-55(27-33-64)19-22-58-44-57(45-68(46-58)75-16-8-9-17-76(75)78(77)53-84-81)21-18-54-24-30-63(31-25-54)79-42-40-66(51-82-79)71-12-4-6-14-73(69)71;/h1-18,21,24-30,32,34,36-53H,19-20,22-23H2;/q-3;+3/b21-18-;. The zero-order chi connectivity index (χ0) is 55.8. The zero-order valence-corrected chi connectivity index (χ0v) is 49.0. The summed E-state index contributed by atoms with van der Waals surface area (Å²) in [7, 11) is 0. The third-order valence-electron chi connectivity index (χ3n) is 16.7. The molecule has 402 valence electrons. The minimum atomic E-state index is 0. The van der Waals surface area contributed by atoms with E-state index < -0.39 is 0 Å². The molecule has 20 aliphatic heterocycles. The van der Waals surface area contributed by atoms with Crippen LogP contribution in [0.25, 0.3) is 135 Å². The predicted molar refractivity (Wildman–Crippen MR) is 346 cm³/mol. The molecule has 0 saturated heterocycles. The maximum atomic E-state index is 5.28. The Morgan fingerprint density at radius 1 is 0.247 bits per heavy atom. The summed E-state index contributed by atoms with van der Waals surface area (Å²) in [5.41, 5.74) is 30.6. The molecule has 0 fully saturated rings. The minimum absolute atomic E-state index is 0. The smallest absolute Gasteiger partial charge is 0.304 e. The van der Waals surface area contributed by atoms with Crippen LogP contribution in [-0.4, -0.2) is 15.0 Å². The fourth-order valence-electron chi connectivity index (χ4n) is 12.2. The molecule has 0 amide bonds. The third-order valence-corrected chi connectivity index (χ3v) is 16.7. The quantitative estimate of drug-likeness (QED) is 0.162. The topological polar surface area (TPSA) is 38.7 Å². The van der Waals surface area contributed by atoms with Crippen molar-refractivity contribution in [3.05, 3.63) is 319 Å². The van der Waals surface area contributed by atoms with E-state index in [4.69, 9.17) is 15.0 Å². The van der Waals surface area contributed by atoms with Gasteiger partial charge in [-0.3, -0.25) is 0 Å². The Bertz CT molecular complexity index is 4590. The summed E-state index contributed by atoms with van der Waals surface area (Å²) in [6.45, 7) is 0. The van der Waals surface area contributed by atoms with Crippen molar-refractivity contribution in [1.82, 2.24) is 15.0 Å². The molecule has 0 spiro atoms. The van der Waals surface area contributed by atoms with Gasteiger partial charge in [-0.05, 0) is 142 Å². The van der Waals surface area contributed by atoms with Crippen LogP contribution >= 0.6 is 0 Å². The van der Waals surface area contributed by atoms with Gasteiger partial charge in [-0.25, -0.2) is 0 Å². The second-order valence-electron chi connectivity index (χ2n) is 22.0. The SMILES string of the molecule is [Ir+3].[c-]1cc2ccc1-c1ccc(cn1)-c1ccccc1-c1cc3cc(c1)-c1ccccc1-c1ccc(nc1)-c1[c-]cc(cc1)CCc1cc(cc(c1)-c1ccccc1-c1cnc(cc1-c1ccc(-c4ccccc4)cc1)-c1[c-]cc(cc1)CC3)/C=C\2. The van der Waals surface area contributed by atoms with Crippen LogP contribution < -0.4 is 0 Å². The van der Waals surface area contributed by atoms with Crippen LogP contribution in [0.5, 0.6) is 0 Å². The molecular formula is C81H54IrN3. The summed E-state index contributed by atoms with van der Waals surface area (Å²) in [6.07, 6.45) is 13.9. The number of hydrogen-bond donors (Lipinski definition) is 0. The molecule has 0 radical (unpaired) electrons. The molecule has 0 N–H and O–H groups in total. The molecule has 4 heteroatoms. The second-order valence-corrected chi connectivity index (χ2v) is 22.0. The summed E-state index contributed by atoms with van der Waals surface area (Å²) in [5.74, 6) is 0. The van der Waals surface area contributed by atoms with Crippen LogP contribution in [0.2, 0.25) is 0 Å². The molecular weight excluding hydrogens is 1210 g/mol. The van der Waals surface area contributed by atoms with E-state index in [0.717, 1.165) is 148 Å². The van der Waals surface area contributed by atoms with Gasteiger partial charge in [-0.15, -0.1) is 106 Å². The van der Waals surface area contributed by atoms with E-state index in [1.807, 2.05) is 12.4 Å². The van der Waals surface area contributed by atoms with Gasteiger partial charge in [0, 0.05) is 24.2 Å². The van der Waals surface area contributed by atoms with Gasteiger partial charge >= 0.3 is 20.1 Å². The van der Waals surface area contributed by atoms with Crippen LogP contribution in [0.15, 0.2) is 267 Å². The molecule has 27 aliphatic rings. The largest absolute Gasteiger partial charge is 3.00 e. The van der Waals surface area contributed by atoms with E-state index in [0.29, 0.717) is 0 Å². The second kappa shape index (κ2) is 23.4. The Labute approximate surface area is 511 Å². The number of hydrogen-bond acceptors (Lipinski definition) is 3. The Hall–Kier alpha value is -9.96. The van der Waals surface area contributed by atoms with E-state index in [1.54, 1.807) is 0 Å². The van der Waals surface area contributed by atoms with Gasteiger partial charge < -0.3 is 15.0 Å². The molecule has 10 aromatic carbocycles. The first-order valence-electron chi connectivity index (χ1n) is 28.9. The average Bonchev–Trinajstić information content (AvgIpc) is 2.76. The Morgan fingerprint density at radius 2 is 0.682 bits per heavy atom. The van der Waals surface area contributed by atoms with Crippen LogP contribution in [0, 0.1) is 18.2 Å². The molecule has 0 saturated carbocycles. The van der Waals surface area contributed by atoms with Gasteiger partial charge in [0.05, 0.1) is 0 Å². The summed E-state index contributed by atoms with van der Waals surface area (Å²) >= 11 is 0. The van der Waals surface area contributed by atoms with E-state index in [2.05, 4.69) is 285 Å². The Kier molecular flexibility index (Phi) is 14.6. The number of aryl methyl sites for hydroxylation is 4. The predicted octanol–water partition coefficient (Wildman–Crippen LogP) is 20.0. The fraction of sp³-hybridized carbons (Fsp3) is 0.0494. The number of rotatable bonds is 2. The van der Waals surface area contributed by atoms with E-state index in [9.17, 15) is 0 Å². The number of nitrogens with zero attached hydrogens (tertiary/aromatic N) is 3. The van der Waals surface area contributed by atoms with Crippen molar-refractivity contribution in [3.63, 3.8) is 0 Å². The van der Waals surface area contributed by atoms with Crippen molar-refractivity contribution in [2.24, 2.45) is 0 Å². The number of aromatic nitrogens is 3. The molecule has 40 rings (SSSR count). The molecule has 7 aliphatic carbocycles. The van der Waals surface area contributed by atoms with Crippen molar-refractivity contribution < 1.29 is 20.1 Å². The number of pyridine rings is 3. The van der Waals surface area contributed by atoms with Gasteiger partial charge in [-0.2, -0.15) is 0 Å². The summed E-state index contributed by atoms with van der Waals surface area (Å²) in [4.78, 5) is 15.4. The minimum Gasteiger partial charge on any atom is -0.304 e. The summed E-state index contributed by atoms with van der Waals surface area (Å²) < 4.78 is 0. The first-order chi connectivity index (χ1) is 41.5. The maximum Gasteiger partial charge on any atom is 3.00 e. The van der Waals surface area contributed by atoms with Crippen molar-refractivity contribution in [3.8, 4) is 123 Å². The van der Waals surface area contributed by atoms with Gasteiger partial charge in [-0.1, -0.05) is 207 Å². The van der Waals surface area contributed by atoms with Crippen molar-refractivity contribution in [2.75, 3.05) is 0 Å². The molecule has 0 atom stereocenters. The average molecular weight is 1260 g/mol. The van der Waals surface area contributed by atoms with Gasteiger partial charge in [0.2, 0.25) is 0 Å². The van der Waals surface area contributed by atoms with Crippen LogP contribution in [0.4, 0.5) is 0 Å². The fourth-order valence-corrected chi connectivity index (χ4v) is 12.2. The number of benzene rings is 10. The first kappa shape index (κ1) is 53.1. The molecule has 3 aromatic heterocycles. The Balaban J connectivity index is 0.00000640. The van der Waals surface area contributed by atoms with E-state index >= 15 is 0 Å². The van der Waals surface area contributed by atoms with Crippen molar-refractivity contribution in [2.45, 2.75) is 25.7 Å². The maximum absolute atomic E-state index is 5.28. The molecule has 18 bridgehead atoms. The van der Waals surface area contributed by atoms with Crippen molar-refractivity contribution >= 4 is 12.2 Å². The summed E-state index contributed by atoms with van der Waals surface area (Å²) in [6, 6.07) is 101. The first-order valence-corrected chi connectivity index (χ1v) is 28.9. The summed E-state index contributed by atoms with van der Waals surface area (Å²) in [5, 5.41) is 0. The van der Waals surface area contributed by atoms with Gasteiger partial charge in [0.25, 0.3) is 0 Å². The van der Waals surface area contributed by atoms with Crippen LogP contribution in [-0.2, 0) is 45.8 Å². The normalized spacial score (nSPS) is 12.5.